The van der Waals surface area contributed by atoms with Gasteiger partial charge in [-0.05, 0) is 117 Å². The van der Waals surface area contributed by atoms with Gasteiger partial charge in [-0.15, -0.1) is 0 Å². The van der Waals surface area contributed by atoms with Crippen molar-refractivity contribution in [3.8, 4) is 17.1 Å². The van der Waals surface area contributed by atoms with Gasteiger partial charge in [-0.25, -0.2) is 4.98 Å². The number of oxazole rings is 1. The Morgan fingerprint density at radius 2 is 1.81 bits per heavy atom. The lowest BCUT2D eigenvalue weighted by atomic mass is 9.77. The smallest absolute Gasteiger partial charge is 0.198 e. The van der Waals surface area contributed by atoms with Crippen LogP contribution in [0, 0.1) is 17.8 Å². The molecular formula is C38H48N2O7. The Labute approximate surface area is 277 Å². The fourth-order valence-electron chi connectivity index (χ4n) is 7.79. The maximum Gasteiger partial charge on any atom is 0.198 e. The number of aromatic nitrogens is 1. The van der Waals surface area contributed by atoms with E-state index in [9.17, 15) is 15.3 Å². The van der Waals surface area contributed by atoms with E-state index in [4.69, 9.17) is 23.6 Å². The van der Waals surface area contributed by atoms with Gasteiger partial charge < -0.3 is 33.9 Å². The van der Waals surface area contributed by atoms with Crippen LogP contribution in [-0.4, -0.2) is 70.9 Å². The summed E-state index contributed by atoms with van der Waals surface area (Å²) in [6, 6.07) is 6.07. The number of aliphatic hydroxyl groups excluding tert-OH is 3. The van der Waals surface area contributed by atoms with Crippen molar-refractivity contribution in [3.05, 3.63) is 65.4 Å². The topological polar surface area (TPSA) is 127 Å². The predicted molar refractivity (Wildman–Crippen MR) is 179 cm³/mol. The Kier molecular flexibility index (Phi) is 9.96. The van der Waals surface area contributed by atoms with Gasteiger partial charge in [0.2, 0.25) is 0 Å². The highest BCUT2D eigenvalue weighted by molar-refractivity contribution is 5.88. The molecule has 2 aromatic rings. The summed E-state index contributed by atoms with van der Waals surface area (Å²) in [6.07, 6.45) is 17.6. The van der Waals surface area contributed by atoms with Crippen LogP contribution in [0.4, 0.5) is 0 Å². The molecule has 1 saturated heterocycles. The van der Waals surface area contributed by atoms with Gasteiger partial charge in [0.1, 0.15) is 17.6 Å². The molecule has 0 radical (unpaired) electrons. The van der Waals surface area contributed by atoms with Gasteiger partial charge in [0, 0.05) is 19.1 Å². The number of aliphatic hydroxyl groups is 3. The number of hydrogen-bond donors (Lipinski definition) is 3. The number of dihydropyridines is 1. The lowest BCUT2D eigenvalue weighted by Crippen LogP contribution is -2.37. The Morgan fingerprint density at radius 1 is 1.00 bits per heavy atom. The van der Waals surface area contributed by atoms with Crippen LogP contribution in [0.3, 0.4) is 0 Å². The molecule has 9 heteroatoms. The molecule has 9 nitrogen and oxygen atoms in total. The fraction of sp³-hybridized carbons (Fsp3) is 0.579. The summed E-state index contributed by atoms with van der Waals surface area (Å²) in [6.45, 7) is 3.98. The number of allylic oxidation sites excluding steroid dienone is 3. The molecule has 3 unspecified atom stereocenters. The number of fused-ring (bicyclic) bond motifs is 1. The molecule has 0 amide bonds. The summed E-state index contributed by atoms with van der Waals surface area (Å²) < 4.78 is 24.1. The number of nitrogens with zero attached hydrogens (tertiary/aromatic N) is 2. The summed E-state index contributed by atoms with van der Waals surface area (Å²) in [4.78, 5) is 9.33. The zero-order valence-electron chi connectivity index (χ0n) is 27.3. The second kappa shape index (κ2) is 14.5. The average Bonchev–Trinajstić information content (AvgIpc) is 3.74. The van der Waals surface area contributed by atoms with Crippen molar-refractivity contribution in [2.45, 2.75) is 102 Å². The van der Waals surface area contributed by atoms with Crippen LogP contribution in [0.2, 0.25) is 0 Å². The van der Waals surface area contributed by atoms with E-state index in [1.54, 1.807) is 6.08 Å². The third-order valence-corrected chi connectivity index (χ3v) is 10.8. The van der Waals surface area contributed by atoms with Crippen molar-refractivity contribution in [1.82, 2.24) is 4.98 Å². The summed E-state index contributed by atoms with van der Waals surface area (Å²) in [7, 11) is 0. The van der Waals surface area contributed by atoms with Crippen molar-refractivity contribution >= 4 is 11.8 Å². The number of hydrogen-bond acceptors (Lipinski definition) is 9. The first-order valence-electron chi connectivity index (χ1n) is 17.6. The lowest BCUT2D eigenvalue weighted by molar-refractivity contribution is -0.125. The third-order valence-electron chi connectivity index (χ3n) is 10.8. The van der Waals surface area contributed by atoms with Gasteiger partial charge in [-0.2, -0.15) is 0 Å². The molecule has 3 N–H and O–H groups in total. The third kappa shape index (κ3) is 7.43. The quantitative estimate of drug-likeness (QED) is 0.213. The monoisotopic (exact) mass is 644 g/mol. The summed E-state index contributed by atoms with van der Waals surface area (Å²) in [5.74, 6) is 3.95. The first-order valence-corrected chi connectivity index (χ1v) is 17.6. The van der Waals surface area contributed by atoms with Crippen LogP contribution in [0.1, 0.15) is 88.5 Å². The minimum absolute atomic E-state index is 0.0457. The van der Waals surface area contributed by atoms with E-state index in [1.807, 2.05) is 19.2 Å². The van der Waals surface area contributed by atoms with Crippen LogP contribution in [0.15, 0.2) is 63.4 Å². The van der Waals surface area contributed by atoms with E-state index in [-0.39, 0.29) is 29.9 Å². The molecular weight excluding hydrogens is 596 g/mol. The molecule has 252 valence electrons. The van der Waals surface area contributed by atoms with Gasteiger partial charge in [-0.3, -0.25) is 4.99 Å². The largest absolute Gasteiger partial charge is 0.506 e. The minimum atomic E-state index is -0.713. The van der Waals surface area contributed by atoms with Crippen molar-refractivity contribution in [2.75, 3.05) is 19.8 Å². The molecule has 2 saturated carbocycles. The van der Waals surface area contributed by atoms with Gasteiger partial charge in [0.15, 0.2) is 17.9 Å². The van der Waals surface area contributed by atoms with E-state index in [0.717, 1.165) is 105 Å². The van der Waals surface area contributed by atoms with E-state index < -0.39 is 6.29 Å². The number of benzene rings is 1. The normalized spacial score (nSPS) is 28.9. The van der Waals surface area contributed by atoms with Gasteiger partial charge >= 0.3 is 0 Å². The number of rotatable bonds is 12. The zero-order valence-corrected chi connectivity index (χ0v) is 27.3. The highest BCUT2D eigenvalue weighted by Gasteiger charge is 2.34. The molecule has 0 bridgehead atoms. The van der Waals surface area contributed by atoms with Crippen LogP contribution in [0.5, 0.6) is 5.75 Å². The van der Waals surface area contributed by atoms with E-state index >= 15 is 0 Å². The van der Waals surface area contributed by atoms with Gasteiger partial charge in [0.05, 0.1) is 36.8 Å². The molecule has 47 heavy (non-hydrogen) atoms. The molecule has 3 heterocycles. The SMILES string of the molecule is CCC(O)OCC1CC(Oc2cc(C3=CC=C4C=C(O)C=NC43)ccc2-c2cnc(C3CCC(CC(O)C4CCOCC4)CC3)o2)C1. The Balaban J connectivity index is 1.03. The zero-order chi connectivity index (χ0) is 32.3. The standard InChI is InChI=1S/C38H48N2O7/c1-2-36(43)45-22-24-15-30(16-24)46-34-19-27(31-9-8-28-18-29(41)20-39-37(28)31)7-10-32(34)35-21-40-38(47-35)26-5-3-23(4-6-26)17-33(42)25-11-13-44-14-12-25/h7-10,18-21,23-26,30,33,36-37,41-43H,2-6,11-17,22H2,1H3. The second-order valence-electron chi connectivity index (χ2n) is 14.1. The summed E-state index contributed by atoms with van der Waals surface area (Å²) in [5.41, 5.74) is 3.91. The summed E-state index contributed by atoms with van der Waals surface area (Å²) >= 11 is 0. The molecule has 3 aliphatic carbocycles. The predicted octanol–water partition coefficient (Wildman–Crippen LogP) is 6.91. The first kappa shape index (κ1) is 32.3. The van der Waals surface area contributed by atoms with E-state index in [2.05, 4.69) is 29.3 Å². The Bertz CT molecular complexity index is 1510. The van der Waals surface area contributed by atoms with E-state index in [1.165, 1.54) is 6.21 Å². The molecule has 3 atom stereocenters. The number of aliphatic imine (C=N–C) groups is 1. The molecule has 3 fully saturated rings. The maximum absolute atomic E-state index is 10.8. The lowest BCUT2D eigenvalue weighted by Gasteiger charge is -2.36. The second-order valence-corrected chi connectivity index (χ2v) is 14.1. The van der Waals surface area contributed by atoms with E-state index in [0.29, 0.717) is 36.5 Å². The van der Waals surface area contributed by atoms with Crippen LogP contribution in [0.25, 0.3) is 16.9 Å². The molecule has 1 aromatic carbocycles. The van der Waals surface area contributed by atoms with Crippen molar-refractivity contribution in [2.24, 2.45) is 22.7 Å². The first-order chi connectivity index (χ1) is 22.9. The summed E-state index contributed by atoms with van der Waals surface area (Å²) in [5, 5.41) is 30.6. The molecule has 2 aliphatic heterocycles. The minimum Gasteiger partial charge on any atom is -0.506 e. The highest BCUT2D eigenvalue weighted by atomic mass is 16.6. The van der Waals surface area contributed by atoms with Crippen molar-refractivity contribution < 1.29 is 33.9 Å². The molecule has 1 aromatic heterocycles. The molecule has 5 aliphatic rings. The van der Waals surface area contributed by atoms with Crippen molar-refractivity contribution in [3.63, 3.8) is 0 Å². The molecule has 7 rings (SSSR count). The van der Waals surface area contributed by atoms with Crippen LogP contribution in [-0.2, 0) is 9.47 Å². The van der Waals surface area contributed by atoms with Gasteiger partial charge in [0.25, 0.3) is 0 Å². The highest BCUT2D eigenvalue weighted by Crippen LogP contribution is 2.43. The van der Waals surface area contributed by atoms with Crippen molar-refractivity contribution in [1.29, 1.82) is 0 Å². The molecule has 0 spiro atoms. The van der Waals surface area contributed by atoms with Gasteiger partial charge in [-0.1, -0.05) is 25.1 Å². The maximum atomic E-state index is 10.8. The number of ether oxygens (including phenoxy) is 3. The van der Waals surface area contributed by atoms with Crippen LogP contribution >= 0.6 is 0 Å². The fourth-order valence-corrected chi connectivity index (χ4v) is 7.79. The van der Waals surface area contributed by atoms with Crippen LogP contribution < -0.4 is 4.74 Å². The Morgan fingerprint density at radius 3 is 2.60 bits per heavy atom. The Hall–Kier alpha value is -3.24. The average molecular weight is 645 g/mol.